The molecule has 1 aromatic rings. The van der Waals surface area contributed by atoms with E-state index < -0.39 is 0 Å². The summed E-state index contributed by atoms with van der Waals surface area (Å²) < 4.78 is 0. The summed E-state index contributed by atoms with van der Waals surface area (Å²) in [5.41, 5.74) is 0. The molecule has 0 nitrogen and oxygen atoms in total. The van der Waals surface area contributed by atoms with E-state index in [9.17, 15) is 0 Å². The Morgan fingerprint density at radius 1 is 1.20 bits per heavy atom. The van der Waals surface area contributed by atoms with E-state index >= 15 is 0 Å². The smallest absolute Gasteiger partial charge is 1.00 e. The van der Waals surface area contributed by atoms with Crippen molar-refractivity contribution in [1.29, 1.82) is 0 Å². The molecule has 0 spiro atoms. The molecule has 0 N–H and O–H groups in total. The molecule has 0 fully saturated rings. The average molecular weight is 297 g/mol. The summed E-state index contributed by atoms with van der Waals surface area (Å²) in [7, 11) is 0. The van der Waals surface area contributed by atoms with Crippen LogP contribution in [0.5, 0.6) is 0 Å². The fourth-order valence-corrected chi connectivity index (χ4v) is 0.635. The van der Waals surface area contributed by atoms with Crippen LogP contribution in [0.4, 0.5) is 0 Å². The van der Waals surface area contributed by atoms with Gasteiger partial charge in [-0.2, -0.15) is 35.9 Å². The molecular weight excluding hydrogens is 294 g/mol. The minimum absolute atomic E-state index is 0. The number of halogens is 3. The standard InChI is InChI=1S/C6H3Cl2.HI.Mg/c7-5-3-1-2-4-6(5)8;;/h1,3-4H;1H;/q-1;;+2/p-1. The molecule has 0 atom stereocenters. The molecule has 0 heterocycles. The van der Waals surface area contributed by atoms with Crippen LogP contribution in [-0.2, 0) is 0 Å². The quantitative estimate of drug-likeness (QED) is 0.341. The van der Waals surface area contributed by atoms with E-state index in [1.54, 1.807) is 18.2 Å². The third-order valence-corrected chi connectivity index (χ3v) is 1.50. The Morgan fingerprint density at radius 2 is 1.80 bits per heavy atom. The first-order valence-corrected chi connectivity index (χ1v) is 2.87. The SMILES string of the molecule is Clc1c[c-]ccc1Cl.[I-].[Mg+2]. The molecule has 0 saturated carbocycles. The molecular formula is C6H3Cl2IMg. The maximum Gasteiger partial charge on any atom is 2.00 e. The van der Waals surface area contributed by atoms with Crippen LogP contribution in [0.3, 0.4) is 0 Å². The van der Waals surface area contributed by atoms with Crippen molar-refractivity contribution in [2.75, 3.05) is 0 Å². The van der Waals surface area contributed by atoms with Gasteiger partial charge in [-0.1, -0.05) is 10.0 Å². The number of hydrogen-bond acceptors (Lipinski definition) is 0. The Hall–Kier alpha value is 1.30. The minimum atomic E-state index is 0. The summed E-state index contributed by atoms with van der Waals surface area (Å²) in [5.74, 6) is 0. The Kier molecular flexibility index (Phi) is 9.66. The van der Waals surface area contributed by atoms with E-state index in [2.05, 4.69) is 6.07 Å². The third kappa shape index (κ3) is 4.23. The summed E-state index contributed by atoms with van der Waals surface area (Å²) in [4.78, 5) is 0. The second-order valence-electron chi connectivity index (χ2n) is 1.34. The van der Waals surface area contributed by atoms with Gasteiger partial charge in [-0.25, -0.2) is 0 Å². The molecule has 0 aromatic heterocycles. The number of benzene rings is 1. The molecule has 0 aliphatic rings. The average Bonchev–Trinajstić information content (AvgIpc) is 1.77. The molecule has 1 rings (SSSR count). The van der Waals surface area contributed by atoms with Crippen molar-refractivity contribution < 1.29 is 24.0 Å². The van der Waals surface area contributed by atoms with Gasteiger partial charge in [-0.05, 0) is 0 Å². The predicted octanol–water partition coefficient (Wildman–Crippen LogP) is -0.583. The molecule has 1 aromatic carbocycles. The van der Waals surface area contributed by atoms with Crippen LogP contribution in [0.2, 0.25) is 10.0 Å². The second kappa shape index (κ2) is 6.97. The van der Waals surface area contributed by atoms with Gasteiger partial charge in [0.2, 0.25) is 0 Å². The monoisotopic (exact) mass is 296 g/mol. The van der Waals surface area contributed by atoms with E-state index in [0.29, 0.717) is 10.0 Å². The van der Waals surface area contributed by atoms with E-state index in [4.69, 9.17) is 23.2 Å². The third-order valence-electron chi connectivity index (χ3n) is 0.764. The van der Waals surface area contributed by atoms with Gasteiger partial charge >= 0.3 is 23.1 Å². The summed E-state index contributed by atoms with van der Waals surface area (Å²) >= 11 is 11.1. The van der Waals surface area contributed by atoms with E-state index in [1.165, 1.54) is 0 Å². The van der Waals surface area contributed by atoms with E-state index in [-0.39, 0.29) is 47.0 Å². The zero-order valence-electron chi connectivity index (χ0n) is 5.07. The number of rotatable bonds is 0. The molecule has 0 saturated heterocycles. The molecule has 0 radical (unpaired) electrons. The van der Waals surface area contributed by atoms with Crippen molar-refractivity contribution in [2.24, 2.45) is 0 Å². The zero-order chi connectivity index (χ0) is 5.98. The van der Waals surface area contributed by atoms with Crippen LogP contribution in [0.25, 0.3) is 0 Å². The summed E-state index contributed by atoms with van der Waals surface area (Å²) in [6.45, 7) is 0. The van der Waals surface area contributed by atoms with Crippen molar-refractivity contribution in [1.82, 2.24) is 0 Å². The molecule has 0 unspecified atom stereocenters. The summed E-state index contributed by atoms with van der Waals surface area (Å²) in [6, 6.07) is 7.83. The molecule has 0 aliphatic carbocycles. The Balaban J connectivity index is 0. The molecule has 4 heteroatoms. The molecule has 10 heavy (non-hydrogen) atoms. The van der Waals surface area contributed by atoms with Crippen LogP contribution in [0, 0.1) is 6.07 Å². The zero-order valence-corrected chi connectivity index (χ0v) is 10.2. The Morgan fingerprint density at radius 3 is 2.10 bits per heavy atom. The number of hydrogen-bond donors (Lipinski definition) is 0. The van der Waals surface area contributed by atoms with Gasteiger partial charge in [-0.3, -0.25) is 0 Å². The summed E-state index contributed by atoms with van der Waals surface area (Å²) in [6.07, 6.45) is 0. The van der Waals surface area contributed by atoms with Crippen molar-refractivity contribution in [2.45, 2.75) is 0 Å². The largest absolute Gasteiger partial charge is 2.00 e. The molecule has 0 amide bonds. The Labute approximate surface area is 103 Å². The maximum atomic E-state index is 5.56. The van der Waals surface area contributed by atoms with Gasteiger partial charge in [0.05, 0.1) is 0 Å². The minimum Gasteiger partial charge on any atom is -1.00 e. The van der Waals surface area contributed by atoms with Crippen LogP contribution < -0.4 is 24.0 Å². The first-order chi connectivity index (χ1) is 3.80. The predicted molar refractivity (Wildman–Crippen MR) is 41.1 cm³/mol. The van der Waals surface area contributed by atoms with Crippen molar-refractivity contribution in [3.8, 4) is 0 Å². The Bertz CT molecular complexity index is 172. The van der Waals surface area contributed by atoms with Crippen molar-refractivity contribution >= 4 is 46.3 Å². The molecule has 0 aliphatic heterocycles. The van der Waals surface area contributed by atoms with Gasteiger partial charge in [0.25, 0.3) is 0 Å². The van der Waals surface area contributed by atoms with Crippen LogP contribution >= 0.6 is 23.2 Å². The van der Waals surface area contributed by atoms with Crippen molar-refractivity contribution in [3.63, 3.8) is 0 Å². The fraction of sp³-hybridized carbons (Fsp3) is 0. The van der Waals surface area contributed by atoms with E-state index in [1.807, 2.05) is 0 Å². The van der Waals surface area contributed by atoms with Gasteiger partial charge in [0.1, 0.15) is 0 Å². The second-order valence-corrected chi connectivity index (χ2v) is 2.15. The van der Waals surface area contributed by atoms with Crippen LogP contribution in [-0.4, -0.2) is 23.1 Å². The first kappa shape index (κ1) is 13.9. The van der Waals surface area contributed by atoms with Crippen molar-refractivity contribution in [3.05, 3.63) is 34.3 Å². The van der Waals surface area contributed by atoms with Gasteiger partial charge in [0.15, 0.2) is 0 Å². The molecule has 50 valence electrons. The fourth-order valence-electron chi connectivity index (χ4n) is 0.391. The van der Waals surface area contributed by atoms with Crippen LogP contribution in [0.15, 0.2) is 18.2 Å². The van der Waals surface area contributed by atoms with Gasteiger partial charge in [-0.15, -0.1) is 11.6 Å². The van der Waals surface area contributed by atoms with Crippen LogP contribution in [0.1, 0.15) is 0 Å². The van der Waals surface area contributed by atoms with Gasteiger partial charge in [0, 0.05) is 0 Å². The first-order valence-electron chi connectivity index (χ1n) is 2.12. The maximum absolute atomic E-state index is 5.56. The molecule has 0 bridgehead atoms. The summed E-state index contributed by atoms with van der Waals surface area (Å²) in [5, 5.41) is 1.12. The topological polar surface area (TPSA) is 0 Å². The van der Waals surface area contributed by atoms with E-state index in [0.717, 1.165) is 0 Å². The van der Waals surface area contributed by atoms with Gasteiger partial charge < -0.3 is 24.0 Å². The normalized spacial score (nSPS) is 7.40.